The molecule has 2 aromatic carbocycles. The average Bonchev–Trinajstić information content (AvgIpc) is 2.71. The fraction of sp³-hybridized carbons (Fsp3) is 0.375. The Labute approximate surface area is 181 Å². The monoisotopic (exact) mass is 429 g/mol. The van der Waals surface area contributed by atoms with Crippen molar-refractivity contribution in [2.24, 2.45) is 0 Å². The number of amides is 1. The van der Waals surface area contributed by atoms with E-state index in [0.717, 1.165) is 37.8 Å². The molecule has 1 fully saturated rings. The first-order valence-electron chi connectivity index (χ1n) is 10.1. The third-order valence-electron chi connectivity index (χ3n) is 5.42. The highest BCUT2D eigenvalue weighted by Crippen LogP contribution is 2.34. The van der Waals surface area contributed by atoms with Crippen LogP contribution in [0.3, 0.4) is 0 Å². The summed E-state index contributed by atoms with van der Waals surface area (Å²) in [7, 11) is 2.00. The van der Waals surface area contributed by atoms with E-state index in [0.29, 0.717) is 11.1 Å². The lowest BCUT2D eigenvalue weighted by atomic mass is 10.0. The van der Waals surface area contributed by atoms with Gasteiger partial charge in [0.2, 0.25) is 0 Å². The van der Waals surface area contributed by atoms with Crippen LogP contribution in [-0.4, -0.2) is 48.9 Å². The van der Waals surface area contributed by atoms with Gasteiger partial charge in [0, 0.05) is 49.5 Å². The number of nitrogens with zero attached hydrogens (tertiary/aromatic N) is 2. The number of hydrogen-bond acceptors (Lipinski definition) is 3. The minimum Gasteiger partial charge on any atom is -0.322 e. The Hall–Kier alpha value is -2.82. The summed E-state index contributed by atoms with van der Waals surface area (Å²) >= 11 is 0. The highest BCUT2D eigenvalue weighted by molar-refractivity contribution is 6.04. The number of rotatable bonds is 4. The predicted octanol–water partition coefficient (Wildman–Crippen LogP) is 4.38. The molecule has 0 unspecified atom stereocenters. The van der Waals surface area contributed by atoms with Crippen molar-refractivity contribution in [3.63, 3.8) is 0 Å². The molecule has 164 valence electrons. The van der Waals surface area contributed by atoms with Crippen molar-refractivity contribution in [3.8, 4) is 11.8 Å². The molecule has 31 heavy (non-hydrogen) atoms. The van der Waals surface area contributed by atoms with Crippen LogP contribution in [0.25, 0.3) is 0 Å². The Kier molecular flexibility index (Phi) is 7.04. The van der Waals surface area contributed by atoms with Crippen molar-refractivity contribution in [2.45, 2.75) is 26.6 Å². The number of nitrogens with one attached hydrogen (secondary N) is 1. The van der Waals surface area contributed by atoms with E-state index in [-0.39, 0.29) is 17.8 Å². The second-order valence-corrected chi connectivity index (χ2v) is 7.81. The zero-order valence-corrected chi connectivity index (χ0v) is 17.9. The number of aryl methyl sites for hydroxylation is 1. The van der Waals surface area contributed by atoms with Crippen LogP contribution in [0.15, 0.2) is 36.4 Å². The van der Waals surface area contributed by atoms with Crippen LogP contribution >= 0.6 is 0 Å². The second kappa shape index (κ2) is 9.54. The van der Waals surface area contributed by atoms with Crippen LogP contribution in [0, 0.1) is 18.8 Å². The average molecular weight is 429 g/mol. The lowest BCUT2D eigenvalue weighted by molar-refractivity contribution is -0.138. The van der Waals surface area contributed by atoms with E-state index in [1.54, 1.807) is 25.1 Å². The van der Waals surface area contributed by atoms with E-state index in [9.17, 15) is 18.0 Å². The van der Waals surface area contributed by atoms with Gasteiger partial charge in [0.05, 0.1) is 5.56 Å². The number of hydrogen-bond donors (Lipinski definition) is 1. The van der Waals surface area contributed by atoms with Gasteiger partial charge in [0.25, 0.3) is 5.91 Å². The molecule has 1 heterocycles. The molecule has 0 atom stereocenters. The molecule has 1 N–H and O–H groups in total. The van der Waals surface area contributed by atoms with Crippen molar-refractivity contribution >= 4 is 11.6 Å². The number of piperazine rings is 1. The molecule has 1 amide bonds. The fourth-order valence-corrected chi connectivity index (χ4v) is 3.54. The van der Waals surface area contributed by atoms with Crippen molar-refractivity contribution in [1.82, 2.24) is 9.80 Å². The van der Waals surface area contributed by atoms with Crippen molar-refractivity contribution in [3.05, 3.63) is 64.2 Å². The second-order valence-electron chi connectivity index (χ2n) is 7.81. The molecule has 0 saturated carbocycles. The fourth-order valence-electron chi connectivity index (χ4n) is 3.54. The topological polar surface area (TPSA) is 35.6 Å². The molecule has 1 saturated heterocycles. The number of likely N-dealkylation sites (N-methyl/N-ethyl adjacent to an activating group) is 1. The number of anilines is 1. The first kappa shape index (κ1) is 22.9. The van der Waals surface area contributed by atoms with Crippen LogP contribution in [0.1, 0.15) is 39.5 Å². The summed E-state index contributed by atoms with van der Waals surface area (Å²) in [6.07, 6.45) is -4.50. The highest BCUT2D eigenvalue weighted by atomic mass is 19.4. The standard InChI is InChI=1S/C24H26F3N3O/c1-4-5-18-14-19(7-6-17(18)2)23(31)28-21-9-8-20(22(15-21)24(25,26)27)16-30-12-10-29(3)11-13-30/h6-9,14-15H,10-13,16H2,1-3H3,(H,28,31). The van der Waals surface area contributed by atoms with Crippen LogP contribution in [0.4, 0.5) is 18.9 Å². The van der Waals surface area contributed by atoms with Crippen LogP contribution in [-0.2, 0) is 12.7 Å². The smallest absolute Gasteiger partial charge is 0.322 e. The predicted molar refractivity (Wildman–Crippen MR) is 116 cm³/mol. The summed E-state index contributed by atoms with van der Waals surface area (Å²) in [5.74, 6) is 5.25. The summed E-state index contributed by atoms with van der Waals surface area (Å²) in [5, 5.41) is 2.59. The molecule has 3 rings (SSSR count). The lowest BCUT2D eigenvalue weighted by Crippen LogP contribution is -2.44. The van der Waals surface area contributed by atoms with Crippen molar-refractivity contribution < 1.29 is 18.0 Å². The first-order chi connectivity index (χ1) is 14.7. The van der Waals surface area contributed by atoms with Crippen molar-refractivity contribution in [2.75, 3.05) is 38.5 Å². The molecular weight excluding hydrogens is 403 g/mol. The Morgan fingerprint density at radius 2 is 1.81 bits per heavy atom. The number of carbonyl (C=O) groups is 1. The van der Waals surface area contributed by atoms with Gasteiger partial charge in [-0.2, -0.15) is 13.2 Å². The number of benzene rings is 2. The summed E-state index contributed by atoms with van der Waals surface area (Å²) < 4.78 is 41.2. The first-order valence-corrected chi connectivity index (χ1v) is 10.1. The normalized spacial score (nSPS) is 15.3. The van der Waals surface area contributed by atoms with Crippen molar-refractivity contribution in [1.29, 1.82) is 0 Å². The summed E-state index contributed by atoms with van der Waals surface area (Å²) in [6, 6.07) is 9.06. The van der Waals surface area contributed by atoms with Gasteiger partial charge in [-0.05, 0) is 56.3 Å². The molecule has 1 aliphatic rings. The largest absolute Gasteiger partial charge is 0.416 e. The Morgan fingerprint density at radius 3 is 2.45 bits per heavy atom. The van der Waals surface area contributed by atoms with Gasteiger partial charge in [-0.25, -0.2) is 0 Å². The van der Waals surface area contributed by atoms with E-state index in [1.165, 1.54) is 12.1 Å². The van der Waals surface area contributed by atoms with Gasteiger partial charge in [0.1, 0.15) is 0 Å². The summed E-state index contributed by atoms with van der Waals surface area (Å²) in [4.78, 5) is 16.8. The maximum atomic E-state index is 13.7. The van der Waals surface area contributed by atoms with E-state index < -0.39 is 17.6 Å². The van der Waals surface area contributed by atoms with Crippen LogP contribution in [0.5, 0.6) is 0 Å². The molecular formula is C24H26F3N3O. The Balaban J connectivity index is 1.81. The molecule has 2 aromatic rings. The van der Waals surface area contributed by atoms with Gasteiger partial charge < -0.3 is 10.2 Å². The quantitative estimate of drug-likeness (QED) is 0.733. The van der Waals surface area contributed by atoms with E-state index in [4.69, 9.17) is 0 Å². The molecule has 0 aliphatic carbocycles. The molecule has 0 aromatic heterocycles. The zero-order valence-electron chi connectivity index (χ0n) is 17.9. The highest BCUT2D eigenvalue weighted by Gasteiger charge is 2.34. The Bertz CT molecular complexity index is 1010. The number of carbonyl (C=O) groups excluding carboxylic acids is 1. The minimum atomic E-state index is -4.50. The molecule has 7 heteroatoms. The summed E-state index contributed by atoms with van der Waals surface area (Å²) in [6.45, 7) is 6.93. The Morgan fingerprint density at radius 1 is 1.10 bits per heavy atom. The SMILES string of the molecule is CC#Cc1cc(C(=O)Nc2ccc(CN3CCN(C)CC3)c(C(F)(F)F)c2)ccc1C. The van der Waals surface area contributed by atoms with E-state index in [2.05, 4.69) is 22.1 Å². The van der Waals surface area contributed by atoms with Gasteiger partial charge in [-0.1, -0.05) is 18.1 Å². The molecule has 0 spiro atoms. The summed E-state index contributed by atoms with van der Waals surface area (Å²) in [5.41, 5.74) is 1.60. The number of alkyl halides is 3. The van der Waals surface area contributed by atoms with Gasteiger partial charge in [-0.3, -0.25) is 9.69 Å². The zero-order chi connectivity index (χ0) is 22.6. The molecule has 0 radical (unpaired) electrons. The lowest BCUT2D eigenvalue weighted by Gasteiger charge is -2.33. The molecule has 1 aliphatic heterocycles. The third-order valence-corrected chi connectivity index (χ3v) is 5.42. The van der Waals surface area contributed by atoms with Crippen LogP contribution in [0.2, 0.25) is 0 Å². The maximum absolute atomic E-state index is 13.7. The van der Waals surface area contributed by atoms with E-state index in [1.807, 2.05) is 18.9 Å². The maximum Gasteiger partial charge on any atom is 0.416 e. The van der Waals surface area contributed by atoms with Gasteiger partial charge in [0.15, 0.2) is 0 Å². The number of halogens is 3. The minimum absolute atomic E-state index is 0.114. The van der Waals surface area contributed by atoms with Gasteiger partial charge in [-0.15, -0.1) is 5.92 Å². The van der Waals surface area contributed by atoms with Gasteiger partial charge >= 0.3 is 6.18 Å². The molecule has 0 bridgehead atoms. The van der Waals surface area contributed by atoms with Crippen LogP contribution < -0.4 is 5.32 Å². The van der Waals surface area contributed by atoms with E-state index >= 15 is 0 Å². The third kappa shape index (κ3) is 5.87. The molecule has 4 nitrogen and oxygen atoms in total.